The summed E-state index contributed by atoms with van der Waals surface area (Å²) in [6, 6.07) is 0. The van der Waals surface area contributed by atoms with E-state index in [0.717, 1.165) is 26.1 Å². The van der Waals surface area contributed by atoms with Gasteiger partial charge in [-0.05, 0) is 6.42 Å². The molecule has 1 heterocycles. The first-order valence-electron chi connectivity index (χ1n) is 3.40. The van der Waals surface area contributed by atoms with Gasteiger partial charge < -0.3 is 0 Å². The van der Waals surface area contributed by atoms with E-state index in [1.807, 2.05) is 0 Å². The lowest BCUT2D eigenvalue weighted by molar-refractivity contribution is -0.504. The molecule has 0 aromatic heterocycles. The van der Waals surface area contributed by atoms with Crippen LogP contribution in [0.25, 0.3) is 0 Å². The first-order valence-corrected chi connectivity index (χ1v) is 3.40. The van der Waals surface area contributed by atoms with Crippen molar-refractivity contribution >= 4 is 12.4 Å². The second-order valence-corrected chi connectivity index (χ2v) is 2.35. The van der Waals surface area contributed by atoms with E-state index in [9.17, 15) is 0 Å². The lowest BCUT2D eigenvalue weighted by Gasteiger charge is -2.07. The average molecular weight is 125 g/mol. The molecule has 9 heavy (non-hydrogen) atoms. The fourth-order valence-electron chi connectivity index (χ4n) is 0.960. The fraction of sp³-hybridized carbons (Fsp3) is 0.714. The zero-order valence-electron chi connectivity index (χ0n) is 5.93. The first kappa shape index (κ1) is 6.46. The first-order chi connectivity index (χ1) is 4.33. The van der Waals surface area contributed by atoms with E-state index in [-0.39, 0.29) is 0 Å². The molecule has 1 aliphatic rings. The van der Waals surface area contributed by atoms with Gasteiger partial charge in [0.15, 0.2) is 13.1 Å². The van der Waals surface area contributed by atoms with E-state index >= 15 is 0 Å². The van der Waals surface area contributed by atoms with Crippen molar-refractivity contribution in [3.8, 4) is 0 Å². The summed E-state index contributed by atoms with van der Waals surface area (Å²) in [5.74, 6) is 0. The van der Waals surface area contributed by atoms with E-state index in [0.29, 0.717) is 0 Å². The van der Waals surface area contributed by atoms with E-state index in [1.54, 1.807) is 0 Å². The molecule has 0 N–H and O–H groups in total. The Balaban J connectivity index is 2.53. The maximum atomic E-state index is 4.33. The van der Waals surface area contributed by atoms with Crippen LogP contribution in [0.15, 0.2) is 4.99 Å². The second kappa shape index (κ2) is 2.76. The van der Waals surface area contributed by atoms with Crippen LogP contribution in [0.1, 0.15) is 13.3 Å². The molecule has 1 aliphatic heterocycles. The summed E-state index contributed by atoms with van der Waals surface area (Å²) in [4.78, 5) is 4.33. The Bertz CT molecular complexity index is 147. The van der Waals surface area contributed by atoms with Gasteiger partial charge in [-0.25, -0.2) is 4.58 Å². The van der Waals surface area contributed by atoms with Crippen molar-refractivity contribution in [3.63, 3.8) is 0 Å². The SMILES string of the molecule is C=[N+]1CCN=C(CC)C1. The van der Waals surface area contributed by atoms with Gasteiger partial charge in [0.2, 0.25) is 0 Å². The third-order valence-corrected chi connectivity index (χ3v) is 1.57. The lowest BCUT2D eigenvalue weighted by Crippen LogP contribution is -2.26. The van der Waals surface area contributed by atoms with Gasteiger partial charge in [0.25, 0.3) is 0 Å². The summed E-state index contributed by atoms with van der Waals surface area (Å²) in [5, 5.41) is 0. The van der Waals surface area contributed by atoms with Crippen molar-refractivity contribution in [2.45, 2.75) is 13.3 Å². The molecule has 0 aliphatic carbocycles. The molecular formula is C7H13N2+. The molecular weight excluding hydrogens is 112 g/mol. The van der Waals surface area contributed by atoms with Gasteiger partial charge >= 0.3 is 0 Å². The van der Waals surface area contributed by atoms with Crippen LogP contribution in [0, 0.1) is 0 Å². The zero-order valence-corrected chi connectivity index (χ0v) is 5.93. The monoisotopic (exact) mass is 125 g/mol. The highest BCUT2D eigenvalue weighted by molar-refractivity contribution is 5.85. The van der Waals surface area contributed by atoms with Gasteiger partial charge in [0.05, 0.1) is 12.3 Å². The van der Waals surface area contributed by atoms with Gasteiger partial charge in [-0.1, -0.05) is 6.92 Å². The summed E-state index contributed by atoms with van der Waals surface area (Å²) < 4.78 is 2.06. The Hall–Kier alpha value is -0.660. The molecule has 0 spiro atoms. The molecule has 0 aromatic carbocycles. The van der Waals surface area contributed by atoms with Crippen LogP contribution < -0.4 is 0 Å². The largest absolute Gasteiger partial charge is 0.281 e. The Morgan fingerprint density at radius 3 is 3.00 bits per heavy atom. The number of hydrogen-bond acceptors (Lipinski definition) is 1. The minimum absolute atomic E-state index is 0.937. The zero-order chi connectivity index (χ0) is 6.69. The minimum Gasteiger partial charge on any atom is -0.281 e. The third-order valence-electron chi connectivity index (χ3n) is 1.57. The highest BCUT2D eigenvalue weighted by atomic mass is 15.0. The Kier molecular flexibility index (Phi) is 1.98. The Morgan fingerprint density at radius 1 is 1.78 bits per heavy atom. The van der Waals surface area contributed by atoms with Crippen LogP contribution in [0.4, 0.5) is 0 Å². The topological polar surface area (TPSA) is 15.4 Å². The summed E-state index contributed by atoms with van der Waals surface area (Å²) in [6.07, 6.45) is 1.08. The van der Waals surface area contributed by atoms with Gasteiger partial charge in [0.1, 0.15) is 6.72 Å². The predicted molar refractivity (Wildman–Crippen MR) is 39.7 cm³/mol. The van der Waals surface area contributed by atoms with Gasteiger partial charge in [0, 0.05) is 0 Å². The molecule has 0 unspecified atom stereocenters. The minimum atomic E-state index is 0.937. The standard InChI is InChI=1S/C7H13N2/c1-3-7-6-9(2)5-4-8-7/h2-6H2,1H3/q+1. The highest BCUT2D eigenvalue weighted by Crippen LogP contribution is 1.93. The van der Waals surface area contributed by atoms with Gasteiger partial charge in [-0.3, -0.25) is 4.99 Å². The molecule has 0 bridgehead atoms. The summed E-state index contributed by atoms with van der Waals surface area (Å²) in [7, 11) is 0. The van der Waals surface area contributed by atoms with Crippen LogP contribution >= 0.6 is 0 Å². The van der Waals surface area contributed by atoms with Crippen LogP contribution in [0.2, 0.25) is 0 Å². The van der Waals surface area contributed by atoms with Crippen LogP contribution in [-0.2, 0) is 0 Å². The van der Waals surface area contributed by atoms with Crippen molar-refractivity contribution in [3.05, 3.63) is 0 Å². The molecule has 2 nitrogen and oxygen atoms in total. The number of nitrogens with zero attached hydrogens (tertiary/aromatic N) is 2. The van der Waals surface area contributed by atoms with E-state index in [1.165, 1.54) is 5.71 Å². The molecule has 0 atom stereocenters. The van der Waals surface area contributed by atoms with Crippen molar-refractivity contribution in [1.29, 1.82) is 0 Å². The van der Waals surface area contributed by atoms with Crippen LogP contribution in [0.5, 0.6) is 0 Å². The van der Waals surface area contributed by atoms with Crippen LogP contribution in [-0.4, -0.2) is 36.6 Å². The number of rotatable bonds is 1. The molecule has 0 saturated heterocycles. The number of aliphatic imine (C=N–C) groups is 1. The molecule has 0 amide bonds. The fourth-order valence-corrected chi connectivity index (χ4v) is 0.960. The van der Waals surface area contributed by atoms with Gasteiger partial charge in [-0.2, -0.15) is 0 Å². The molecule has 50 valence electrons. The quantitative estimate of drug-likeness (QED) is 0.455. The average Bonchev–Trinajstić information content (AvgIpc) is 1.88. The van der Waals surface area contributed by atoms with E-state index in [2.05, 4.69) is 23.2 Å². The summed E-state index contributed by atoms with van der Waals surface area (Å²) in [6.45, 7) is 8.91. The molecule has 0 saturated carbocycles. The Labute approximate surface area is 55.9 Å². The molecule has 0 radical (unpaired) electrons. The van der Waals surface area contributed by atoms with Crippen molar-refractivity contribution in [2.24, 2.45) is 4.99 Å². The van der Waals surface area contributed by atoms with Gasteiger partial charge in [-0.15, -0.1) is 0 Å². The Morgan fingerprint density at radius 2 is 2.56 bits per heavy atom. The maximum absolute atomic E-state index is 4.33. The van der Waals surface area contributed by atoms with E-state index < -0.39 is 0 Å². The van der Waals surface area contributed by atoms with Crippen molar-refractivity contribution in [2.75, 3.05) is 19.6 Å². The molecule has 0 fully saturated rings. The number of hydrogen-bond donors (Lipinski definition) is 0. The third kappa shape index (κ3) is 1.63. The van der Waals surface area contributed by atoms with Crippen molar-refractivity contribution < 1.29 is 4.58 Å². The van der Waals surface area contributed by atoms with E-state index in [4.69, 9.17) is 0 Å². The maximum Gasteiger partial charge on any atom is 0.180 e. The summed E-state index contributed by atoms with van der Waals surface area (Å²) >= 11 is 0. The molecule has 1 rings (SSSR count). The van der Waals surface area contributed by atoms with Crippen molar-refractivity contribution in [1.82, 2.24) is 0 Å². The smallest absolute Gasteiger partial charge is 0.180 e. The summed E-state index contributed by atoms with van der Waals surface area (Å²) in [5.41, 5.74) is 1.29. The normalized spacial score (nSPS) is 19.7. The lowest BCUT2D eigenvalue weighted by atomic mass is 10.2. The molecule has 0 aromatic rings. The molecule has 2 heteroatoms. The predicted octanol–water partition coefficient (Wildman–Crippen LogP) is 0.564. The second-order valence-electron chi connectivity index (χ2n) is 2.35. The highest BCUT2D eigenvalue weighted by Gasteiger charge is 2.09. The van der Waals surface area contributed by atoms with Crippen LogP contribution in [0.3, 0.4) is 0 Å².